The third kappa shape index (κ3) is 10.8. The van der Waals surface area contributed by atoms with Gasteiger partial charge in [-0.05, 0) is 37.7 Å². The highest BCUT2D eigenvalue weighted by molar-refractivity contribution is 5.77. The predicted octanol–water partition coefficient (Wildman–Crippen LogP) is 0.702. The lowest BCUT2D eigenvalue weighted by atomic mass is 10.1. The minimum atomic E-state index is -1.29. The van der Waals surface area contributed by atoms with E-state index in [1.165, 1.54) is 0 Å². The molecule has 4 N–H and O–H groups in total. The molecular weight excluding hydrogens is 440 g/mol. The van der Waals surface area contributed by atoms with E-state index in [0.29, 0.717) is 38.4 Å². The average Bonchev–Trinajstić information content (AvgIpc) is 2.85. The summed E-state index contributed by atoms with van der Waals surface area (Å²) in [5, 5.41) is 56.0. The maximum absolute atomic E-state index is 12.7. The first-order valence-electron chi connectivity index (χ1n) is 12.4. The minimum absolute atomic E-state index is 0.137. The summed E-state index contributed by atoms with van der Waals surface area (Å²) in [6, 6.07) is 8.79. The SMILES string of the molecule is [O-]/C(=N\[N+]1(CC(O)COCCCCCCOCC(O)CO)CCCCC1)C(O)c1ccccc1. The quantitative estimate of drug-likeness (QED) is 0.111. The van der Waals surface area contributed by atoms with Crippen molar-refractivity contribution >= 4 is 5.90 Å². The summed E-state index contributed by atoms with van der Waals surface area (Å²) >= 11 is 0. The Morgan fingerprint density at radius 3 is 2.06 bits per heavy atom. The molecule has 0 aliphatic carbocycles. The Morgan fingerprint density at radius 1 is 0.882 bits per heavy atom. The maximum atomic E-state index is 12.7. The molecule has 1 heterocycles. The number of hydrogen-bond donors (Lipinski definition) is 4. The molecule has 0 radical (unpaired) electrons. The lowest BCUT2D eigenvalue weighted by Crippen LogP contribution is -2.53. The number of quaternary nitrogens is 1. The zero-order chi connectivity index (χ0) is 24.7. The summed E-state index contributed by atoms with van der Waals surface area (Å²) in [5.74, 6) is -0.573. The Balaban J connectivity index is 1.70. The van der Waals surface area contributed by atoms with Crippen molar-refractivity contribution in [2.24, 2.45) is 5.10 Å². The highest BCUT2D eigenvalue weighted by atomic mass is 16.5. The number of aliphatic hydroxyl groups is 4. The Kier molecular flexibility index (Phi) is 13.6. The summed E-state index contributed by atoms with van der Waals surface area (Å²) in [4.78, 5) is 0. The van der Waals surface area contributed by atoms with E-state index >= 15 is 0 Å². The average molecular weight is 483 g/mol. The van der Waals surface area contributed by atoms with Crippen LogP contribution in [0.5, 0.6) is 0 Å². The van der Waals surface area contributed by atoms with Gasteiger partial charge in [0.25, 0.3) is 0 Å². The lowest BCUT2D eigenvalue weighted by molar-refractivity contribution is -0.942. The normalized spacial score (nSPS) is 19.0. The van der Waals surface area contributed by atoms with Gasteiger partial charge in [-0.3, -0.25) is 0 Å². The molecule has 34 heavy (non-hydrogen) atoms. The van der Waals surface area contributed by atoms with Gasteiger partial charge in [0.1, 0.15) is 37.9 Å². The van der Waals surface area contributed by atoms with Gasteiger partial charge in [-0.2, -0.15) is 4.59 Å². The first kappa shape index (κ1) is 28.6. The molecule has 0 amide bonds. The number of aliphatic hydroxyl groups excluding tert-OH is 4. The van der Waals surface area contributed by atoms with E-state index in [-0.39, 0.29) is 24.4 Å². The van der Waals surface area contributed by atoms with Crippen molar-refractivity contribution in [1.82, 2.24) is 0 Å². The first-order chi connectivity index (χ1) is 16.5. The van der Waals surface area contributed by atoms with Crippen LogP contribution in [0.4, 0.5) is 0 Å². The van der Waals surface area contributed by atoms with Gasteiger partial charge < -0.3 is 35.0 Å². The van der Waals surface area contributed by atoms with Crippen molar-refractivity contribution in [2.45, 2.75) is 63.3 Å². The Hall–Kier alpha value is -1.59. The van der Waals surface area contributed by atoms with Gasteiger partial charge in [0, 0.05) is 13.2 Å². The summed E-state index contributed by atoms with van der Waals surface area (Å²) in [6.45, 7) is 2.78. The fourth-order valence-corrected chi connectivity index (χ4v) is 4.16. The highest BCUT2D eigenvalue weighted by Gasteiger charge is 2.33. The predicted molar refractivity (Wildman–Crippen MR) is 127 cm³/mol. The number of rotatable bonds is 17. The molecule has 1 aromatic rings. The number of hydrogen-bond acceptors (Lipinski definition) is 8. The molecule has 9 nitrogen and oxygen atoms in total. The summed E-state index contributed by atoms with van der Waals surface area (Å²) in [5.41, 5.74) is 0.518. The number of nitrogens with zero attached hydrogens (tertiary/aromatic N) is 2. The fourth-order valence-electron chi connectivity index (χ4n) is 4.16. The van der Waals surface area contributed by atoms with Gasteiger partial charge in [-0.15, -0.1) is 5.10 Å². The van der Waals surface area contributed by atoms with E-state index < -0.39 is 24.2 Å². The molecule has 1 aliphatic rings. The van der Waals surface area contributed by atoms with Gasteiger partial charge in [0.15, 0.2) is 0 Å². The molecule has 0 aromatic heterocycles. The Morgan fingerprint density at radius 2 is 1.47 bits per heavy atom. The van der Waals surface area contributed by atoms with Gasteiger partial charge in [-0.1, -0.05) is 43.2 Å². The molecule has 1 aliphatic heterocycles. The molecule has 0 saturated carbocycles. The van der Waals surface area contributed by atoms with Gasteiger partial charge >= 0.3 is 0 Å². The lowest BCUT2D eigenvalue weighted by Gasteiger charge is -2.38. The van der Waals surface area contributed by atoms with Crippen molar-refractivity contribution in [2.75, 3.05) is 52.7 Å². The van der Waals surface area contributed by atoms with Crippen molar-refractivity contribution < 1.29 is 39.6 Å². The van der Waals surface area contributed by atoms with Gasteiger partial charge in [0.2, 0.25) is 0 Å². The zero-order valence-corrected chi connectivity index (χ0v) is 20.1. The number of unbranched alkanes of at least 4 members (excludes halogenated alkanes) is 3. The van der Waals surface area contributed by atoms with E-state index in [2.05, 4.69) is 5.10 Å². The smallest absolute Gasteiger partial charge is 0.131 e. The van der Waals surface area contributed by atoms with Crippen LogP contribution >= 0.6 is 0 Å². The molecule has 2 rings (SSSR count). The van der Waals surface area contributed by atoms with Gasteiger partial charge in [-0.25, -0.2) is 0 Å². The molecule has 1 aromatic carbocycles. The minimum Gasteiger partial charge on any atom is -0.856 e. The van der Waals surface area contributed by atoms with Crippen LogP contribution in [0.3, 0.4) is 0 Å². The highest BCUT2D eigenvalue weighted by Crippen LogP contribution is 2.23. The molecule has 3 unspecified atom stereocenters. The Bertz CT molecular complexity index is 683. The van der Waals surface area contributed by atoms with E-state index in [9.17, 15) is 20.4 Å². The number of ether oxygens (including phenoxy) is 2. The molecule has 9 heteroatoms. The fraction of sp³-hybridized carbons (Fsp3) is 0.720. The number of likely N-dealkylation sites (tertiary alicyclic amines) is 1. The third-order valence-electron chi connectivity index (χ3n) is 6.02. The zero-order valence-electron chi connectivity index (χ0n) is 20.1. The van der Waals surface area contributed by atoms with Crippen LogP contribution in [0.25, 0.3) is 0 Å². The molecule has 1 saturated heterocycles. The standard InChI is InChI=1S/C25H42N2O7/c28-18-23(30)20-34-16-10-2-1-9-15-33-19-22(29)17-27(13-7-4-8-14-27)26-25(32)24(31)21-11-5-3-6-12-21/h3,5-6,11-12,22-24,28-31H,1-2,4,7-10,13-20H2. The molecular formula is C25H42N2O7. The summed E-state index contributed by atoms with van der Waals surface area (Å²) in [6.07, 6.45) is 3.78. The summed E-state index contributed by atoms with van der Waals surface area (Å²) < 4.78 is 11.1. The molecule has 1 fully saturated rings. The second kappa shape index (κ2) is 16.1. The van der Waals surface area contributed by atoms with Crippen LogP contribution in [0.15, 0.2) is 35.4 Å². The van der Waals surface area contributed by atoms with Crippen molar-refractivity contribution in [3.8, 4) is 0 Å². The number of benzene rings is 1. The second-order valence-corrected chi connectivity index (χ2v) is 9.09. The summed E-state index contributed by atoms with van der Waals surface area (Å²) in [7, 11) is 0. The first-order valence-corrected chi connectivity index (χ1v) is 12.4. The molecule has 194 valence electrons. The van der Waals surface area contributed by atoms with Crippen molar-refractivity contribution in [3.05, 3.63) is 35.9 Å². The van der Waals surface area contributed by atoms with Crippen molar-refractivity contribution in [3.63, 3.8) is 0 Å². The Labute approximate surface area is 202 Å². The van der Waals surface area contributed by atoms with E-state index in [1.54, 1.807) is 24.3 Å². The molecule has 3 atom stereocenters. The van der Waals surface area contributed by atoms with Crippen LogP contribution in [-0.4, -0.2) is 95.8 Å². The maximum Gasteiger partial charge on any atom is 0.131 e. The molecule has 0 spiro atoms. The topological polar surface area (TPSA) is 135 Å². The monoisotopic (exact) mass is 482 g/mol. The van der Waals surface area contributed by atoms with Crippen LogP contribution in [-0.2, 0) is 9.47 Å². The number of piperidine rings is 1. The van der Waals surface area contributed by atoms with Crippen LogP contribution in [0, 0.1) is 0 Å². The van der Waals surface area contributed by atoms with Gasteiger partial charge in [0.05, 0.1) is 25.7 Å². The van der Waals surface area contributed by atoms with Crippen LogP contribution in [0.1, 0.15) is 56.6 Å². The second-order valence-electron chi connectivity index (χ2n) is 9.09. The molecule has 0 bridgehead atoms. The third-order valence-corrected chi connectivity index (χ3v) is 6.02. The van der Waals surface area contributed by atoms with Crippen LogP contribution in [0.2, 0.25) is 0 Å². The van der Waals surface area contributed by atoms with Crippen LogP contribution < -0.4 is 5.11 Å². The van der Waals surface area contributed by atoms with E-state index in [4.69, 9.17) is 14.6 Å². The van der Waals surface area contributed by atoms with E-state index in [0.717, 1.165) is 44.9 Å². The largest absolute Gasteiger partial charge is 0.856 e. The van der Waals surface area contributed by atoms with Crippen molar-refractivity contribution in [1.29, 1.82) is 0 Å². The van der Waals surface area contributed by atoms with E-state index in [1.807, 2.05) is 6.07 Å².